The largest absolute Gasteiger partial charge is 0.350 e. The highest BCUT2D eigenvalue weighted by Gasteiger charge is 2.34. The summed E-state index contributed by atoms with van der Waals surface area (Å²) in [7, 11) is -3.90. The summed E-state index contributed by atoms with van der Waals surface area (Å²) in [6.45, 7) is 3.37. The molecule has 0 bridgehead atoms. The number of rotatable bonds is 4. The Bertz CT molecular complexity index is 1010. The summed E-state index contributed by atoms with van der Waals surface area (Å²) in [6.07, 6.45) is 0. The number of thiocarbonyl (C=S) groups is 1. The second-order valence-electron chi connectivity index (χ2n) is 5.88. The maximum atomic E-state index is 12.8. The average molecular weight is 410 g/mol. The maximum absolute atomic E-state index is 12.8. The summed E-state index contributed by atoms with van der Waals surface area (Å²) in [5, 5.41) is 3.40. The minimum absolute atomic E-state index is 0.0464. The van der Waals surface area contributed by atoms with E-state index in [0.29, 0.717) is 16.3 Å². The van der Waals surface area contributed by atoms with E-state index in [0.717, 1.165) is 0 Å². The minimum atomic E-state index is -3.90. The van der Waals surface area contributed by atoms with E-state index in [-0.39, 0.29) is 21.6 Å². The quantitative estimate of drug-likeness (QED) is 0.759. The van der Waals surface area contributed by atoms with Gasteiger partial charge in [-0.2, -0.15) is 0 Å². The minimum Gasteiger partial charge on any atom is -0.350 e. The van der Waals surface area contributed by atoms with Crippen LogP contribution < -0.4 is 14.9 Å². The van der Waals surface area contributed by atoms with Crippen LogP contribution in [-0.2, 0) is 14.8 Å². The third kappa shape index (κ3) is 3.40. The molecule has 0 spiro atoms. The summed E-state index contributed by atoms with van der Waals surface area (Å²) in [5.41, 5.74) is 1.20. The lowest BCUT2D eigenvalue weighted by atomic mass is 10.2. The first-order chi connectivity index (χ1) is 12.2. The number of hydrogen-bond donors (Lipinski definition) is 2. The van der Waals surface area contributed by atoms with Crippen LogP contribution in [0.4, 0.5) is 11.4 Å². The molecule has 1 aliphatic rings. The van der Waals surface area contributed by atoms with Crippen LogP contribution in [0, 0.1) is 6.92 Å². The van der Waals surface area contributed by atoms with Gasteiger partial charge in [-0.1, -0.05) is 29.8 Å². The molecule has 0 radical (unpaired) electrons. The first kappa shape index (κ1) is 18.6. The lowest BCUT2D eigenvalue weighted by molar-refractivity contribution is -0.117. The number of para-hydroxylation sites is 1. The number of sulfonamides is 1. The van der Waals surface area contributed by atoms with Crippen LogP contribution in [-0.4, -0.2) is 25.5 Å². The number of carbonyl (C=O) groups is 1. The molecule has 0 saturated carbocycles. The standard InChI is InChI=1S/C17H16ClN3O3S2/c1-10-7-8-12(21-16(22)11(2)19-17(21)25)9-15(10)26(23,24)20-14-6-4-3-5-13(14)18/h3-9,11,20H,1-2H3,(H,19,25). The number of anilines is 2. The first-order valence-corrected chi connectivity index (χ1v) is 10.00. The number of benzene rings is 2. The Morgan fingerprint density at radius 3 is 2.54 bits per heavy atom. The number of aryl methyl sites for hydroxylation is 1. The second kappa shape index (κ2) is 6.86. The molecule has 26 heavy (non-hydrogen) atoms. The predicted octanol–water partition coefficient (Wildman–Crippen LogP) is 3.06. The fourth-order valence-electron chi connectivity index (χ4n) is 2.61. The highest BCUT2D eigenvalue weighted by Crippen LogP contribution is 2.29. The first-order valence-electron chi connectivity index (χ1n) is 7.73. The molecule has 1 amide bonds. The van der Waals surface area contributed by atoms with E-state index in [4.69, 9.17) is 23.8 Å². The van der Waals surface area contributed by atoms with Crippen molar-refractivity contribution in [1.29, 1.82) is 0 Å². The summed E-state index contributed by atoms with van der Waals surface area (Å²) >= 11 is 11.2. The van der Waals surface area contributed by atoms with Crippen LogP contribution in [0.15, 0.2) is 47.4 Å². The summed E-state index contributed by atoms with van der Waals surface area (Å²) in [4.78, 5) is 13.6. The van der Waals surface area contributed by atoms with Gasteiger partial charge < -0.3 is 5.32 Å². The van der Waals surface area contributed by atoms with Gasteiger partial charge in [-0.3, -0.25) is 14.4 Å². The van der Waals surface area contributed by atoms with E-state index >= 15 is 0 Å². The predicted molar refractivity (Wildman–Crippen MR) is 106 cm³/mol. The highest BCUT2D eigenvalue weighted by molar-refractivity contribution is 7.92. The number of nitrogens with zero attached hydrogens (tertiary/aromatic N) is 1. The van der Waals surface area contributed by atoms with Crippen LogP contribution in [0.25, 0.3) is 0 Å². The van der Waals surface area contributed by atoms with Crippen molar-refractivity contribution >= 4 is 56.2 Å². The van der Waals surface area contributed by atoms with E-state index in [9.17, 15) is 13.2 Å². The molecule has 2 aromatic carbocycles. The molecule has 136 valence electrons. The van der Waals surface area contributed by atoms with E-state index in [2.05, 4.69) is 10.0 Å². The molecule has 1 unspecified atom stereocenters. The van der Waals surface area contributed by atoms with Gasteiger partial charge in [0, 0.05) is 0 Å². The van der Waals surface area contributed by atoms with Gasteiger partial charge in [0.05, 0.1) is 21.3 Å². The Kier molecular flexibility index (Phi) is 4.92. The molecular formula is C17H16ClN3O3S2. The van der Waals surface area contributed by atoms with Crippen LogP contribution in [0.1, 0.15) is 12.5 Å². The Labute approximate surface area is 162 Å². The average Bonchev–Trinajstić information content (AvgIpc) is 2.83. The van der Waals surface area contributed by atoms with E-state index in [1.165, 1.54) is 11.0 Å². The molecule has 3 rings (SSSR count). The van der Waals surface area contributed by atoms with Crippen molar-refractivity contribution in [3.63, 3.8) is 0 Å². The fourth-order valence-corrected chi connectivity index (χ4v) is 4.57. The van der Waals surface area contributed by atoms with Crippen LogP contribution in [0.2, 0.25) is 5.02 Å². The number of hydrogen-bond acceptors (Lipinski definition) is 4. The molecule has 1 fully saturated rings. The molecule has 2 aromatic rings. The summed E-state index contributed by atoms with van der Waals surface area (Å²) in [6, 6.07) is 10.8. The molecule has 0 aromatic heterocycles. The molecule has 9 heteroatoms. The van der Waals surface area contributed by atoms with Gasteiger partial charge in [-0.15, -0.1) is 0 Å². The molecule has 6 nitrogen and oxygen atoms in total. The maximum Gasteiger partial charge on any atom is 0.262 e. The van der Waals surface area contributed by atoms with Gasteiger partial charge >= 0.3 is 0 Å². The summed E-state index contributed by atoms with van der Waals surface area (Å²) < 4.78 is 28.2. The Hall–Kier alpha value is -2.16. The van der Waals surface area contributed by atoms with Gasteiger partial charge in [0.2, 0.25) is 0 Å². The molecule has 1 heterocycles. The molecule has 1 aliphatic heterocycles. The number of carbonyl (C=O) groups excluding carboxylic acids is 1. The SMILES string of the molecule is Cc1ccc(N2C(=O)C(C)NC2=S)cc1S(=O)(=O)Nc1ccccc1Cl. The molecule has 0 aliphatic carbocycles. The van der Waals surface area contributed by atoms with E-state index in [1.54, 1.807) is 50.2 Å². The lowest BCUT2D eigenvalue weighted by Gasteiger charge is -2.18. The van der Waals surface area contributed by atoms with Crippen molar-refractivity contribution < 1.29 is 13.2 Å². The Morgan fingerprint density at radius 1 is 1.23 bits per heavy atom. The van der Waals surface area contributed by atoms with Crippen molar-refractivity contribution in [2.45, 2.75) is 24.8 Å². The smallest absolute Gasteiger partial charge is 0.262 e. The normalized spacial score (nSPS) is 17.3. The third-order valence-electron chi connectivity index (χ3n) is 3.97. The second-order valence-corrected chi connectivity index (χ2v) is 8.32. The van der Waals surface area contributed by atoms with Crippen molar-refractivity contribution in [3.05, 3.63) is 53.1 Å². The van der Waals surface area contributed by atoms with Crippen LogP contribution in [0.5, 0.6) is 0 Å². The highest BCUT2D eigenvalue weighted by atomic mass is 35.5. The zero-order chi connectivity index (χ0) is 19.1. The van der Waals surface area contributed by atoms with Crippen molar-refractivity contribution in [2.75, 3.05) is 9.62 Å². The van der Waals surface area contributed by atoms with Gasteiger partial charge in [0.25, 0.3) is 15.9 Å². The van der Waals surface area contributed by atoms with Crippen LogP contribution >= 0.6 is 23.8 Å². The van der Waals surface area contributed by atoms with Gasteiger partial charge in [0.1, 0.15) is 6.04 Å². The lowest BCUT2D eigenvalue weighted by Crippen LogP contribution is -2.31. The van der Waals surface area contributed by atoms with Gasteiger partial charge in [-0.05, 0) is 55.9 Å². The van der Waals surface area contributed by atoms with Crippen molar-refractivity contribution in [1.82, 2.24) is 5.32 Å². The summed E-state index contributed by atoms with van der Waals surface area (Å²) in [5.74, 6) is -0.235. The fraction of sp³-hybridized carbons (Fsp3) is 0.176. The van der Waals surface area contributed by atoms with Gasteiger partial charge in [0.15, 0.2) is 5.11 Å². The zero-order valence-electron chi connectivity index (χ0n) is 14.0. The molecular weight excluding hydrogens is 394 g/mol. The molecule has 1 atom stereocenters. The monoisotopic (exact) mass is 409 g/mol. The van der Waals surface area contributed by atoms with E-state index < -0.39 is 16.1 Å². The molecule has 2 N–H and O–H groups in total. The molecule has 1 saturated heterocycles. The zero-order valence-corrected chi connectivity index (χ0v) is 16.4. The van der Waals surface area contributed by atoms with E-state index in [1.807, 2.05) is 0 Å². The number of halogens is 1. The Morgan fingerprint density at radius 2 is 1.92 bits per heavy atom. The topological polar surface area (TPSA) is 78.5 Å². The van der Waals surface area contributed by atoms with Crippen LogP contribution in [0.3, 0.4) is 0 Å². The number of amides is 1. The Balaban J connectivity index is 2.01. The van der Waals surface area contributed by atoms with Gasteiger partial charge in [-0.25, -0.2) is 8.42 Å². The number of nitrogens with one attached hydrogen (secondary N) is 2. The third-order valence-corrected chi connectivity index (χ3v) is 6.11. The van der Waals surface area contributed by atoms with Crippen molar-refractivity contribution in [2.24, 2.45) is 0 Å². The van der Waals surface area contributed by atoms with Crippen molar-refractivity contribution in [3.8, 4) is 0 Å².